The lowest BCUT2D eigenvalue weighted by Gasteiger charge is -2.46. The molecule has 0 unspecified atom stereocenters. The van der Waals surface area contributed by atoms with Crippen LogP contribution >= 0.6 is 0 Å². The van der Waals surface area contributed by atoms with E-state index in [1.165, 1.54) is 30.4 Å². The molecule has 1 aliphatic carbocycles. The van der Waals surface area contributed by atoms with Crippen LogP contribution in [0.3, 0.4) is 0 Å². The van der Waals surface area contributed by atoms with Crippen molar-refractivity contribution in [1.82, 2.24) is 0 Å². The molecule has 1 aromatic carbocycles. The predicted octanol–water partition coefficient (Wildman–Crippen LogP) is 3.39. The van der Waals surface area contributed by atoms with Crippen molar-refractivity contribution >= 4 is 12.4 Å². The maximum atomic E-state index is 9.87. The van der Waals surface area contributed by atoms with Gasteiger partial charge < -0.3 is 5.02 Å². The first-order valence-electron chi connectivity index (χ1n) is 7.71. The van der Waals surface area contributed by atoms with Gasteiger partial charge in [0.05, 0.1) is 0 Å². The minimum absolute atomic E-state index is 0.276. The van der Waals surface area contributed by atoms with Crippen LogP contribution in [-0.2, 0) is 11.8 Å². The highest BCUT2D eigenvalue weighted by atomic mass is 16.2. The molecule has 0 heterocycles. The predicted molar refractivity (Wildman–Crippen MR) is 84.2 cm³/mol. The quantitative estimate of drug-likeness (QED) is 0.824. The molecule has 0 aromatic heterocycles. The van der Waals surface area contributed by atoms with Gasteiger partial charge in [-0.2, -0.15) is 0 Å². The number of hydrogen-bond acceptors (Lipinski definition) is 1. The molecule has 0 aliphatic heterocycles. The average molecular weight is 258 g/mol. The van der Waals surface area contributed by atoms with Gasteiger partial charge in [0, 0.05) is 5.41 Å². The lowest BCUT2D eigenvalue weighted by Crippen LogP contribution is -2.42. The van der Waals surface area contributed by atoms with E-state index in [9.17, 15) is 5.02 Å². The Kier molecular flexibility index (Phi) is 4.10. The van der Waals surface area contributed by atoms with E-state index in [0.717, 1.165) is 5.46 Å². The van der Waals surface area contributed by atoms with Crippen LogP contribution < -0.4 is 5.46 Å². The van der Waals surface area contributed by atoms with Gasteiger partial charge in [-0.25, -0.2) is 0 Å². The fraction of sp³-hybridized carbons (Fsp3) is 0.647. The average Bonchev–Trinajstić information content (AvgIpc) is 2.36. The van der Waals surface area contributed by atoms with Gasteiger partial charge in [0.1, 0.15) is 0 Å². The van der Waals surface area contributed by atoms with E-state index in [-0.39, 0.29) is 12.3 Å². The summed E-state index contributed by atoms with van der Waals surface area (Å²) in [4.78, 5) is 0. The van der Waals surface area contributed by atoms with Crippen LogP contribution in [0.2, 0.25) is 6.82 Å². The van der Waals surface area contributed by atoms with Crippen LogP contribution in [0.4, 0.5) is 0 Å². The Morgan fingerprint density at radius 1 is 1.16 bits per heavy atom. The SMILES string of the molecule is CB(O)c1ccc2c(c1)C(C(C)C)(C(C)C)CCC2. The van der Waals surface area contributed by atoms with Crippen molar-refractivity contribution in [3.63, 3.8) is 0 Å². The minimum atomic E-state index is -0.371. The van der Waals surface area contributed by atoms with Gasteiger partial charge in [-0.1, -0.05) is 52.7 Å². The molecule has 2 heteroatoms. The lowest BCUT2D eigenvalue weighted by atomic mass is 9.56. The first kappa shape index (κ1) is 14.6. The monoisotopic (exact) mass is 258 g/mol. The number of rotatable bonds is 3. The van der Waals surface area contributed by atoms with Gasteiger partial charge in [-0.05, 0) is 47.7 Å². The molecule has 1 aliphatic rings. The maximum absolute atomic E-state index is 9.87. The molecule has 0 bridgehead atoms. The van der Waals surface area contributed by atoms with Gasteiger partial charge in [-0.3, -0.25) is 0 Å². The normalized spacial score (nSPS) is 17.7. The summed E-state index contributed by atoms with van der Waals surface area (Å²) >= 11 is 0. The molecule has 0 atom stereocenters. The number of aryl methyl sites for hydroxylation is 1. The van der Waals surface area contributed by atoms with E-state index in [2.05, 4.69) is 45.9 Å². The maximum Gasteiger partial charge on any atom is 0.320 e. The number of fused-ring (bicyclic) bond motifs is 1. The topological polar surface area (TPSA) is 20.2 Å². The highest BCUT2D eigenvalue weighted by Crippen LogP contribution is 2.47. The van der Waals surface area contributed by atoms with E-state index < -0.39 is 0 Å². The zero-order valence-electron chi connectivity index (χ0n) is 13.0. The fourth-order valence-corrected chi connectivity index (χ4v) is 4.08. The summed E-state index contributed by atoms with van der Waals surface area (Å²) in [6.07, 6.45) is 3.76. The van der Waals surface area contributed by atoms with Gasteiger partial charge >= 0.3 is 6.92 Å². The third-order valence-electron chi connectivity index (χ3n) is 5.21. The Labute approximate surface area is 118 Å². The summed E-state index contributed by atoms with van der Waals surface area (Å²) < 4.78 is 0. The van der Waals surface area contributed by atoms with Crippen molar-refractivity contribution in [2.45, 2.75) is 59.2 Å². The highest BCUT2D eigenvalue weighted by molar-refractivity contribution is 6.64. The third-order valence-corrected chi connectivity index (χ3v) is 5.21. The summed E-state index contributed by atoms with van der Waals surface area (Å²) in [6.45, 7) is 10.9. The van der Waals surface area contributed by atoms with E-state index in [1.54, 1.807) is 0 Å². The molecule has 0 amide bonds. The fourth-order valence-electron chi connectivity index (χ4n) is 4.08. The molecular weight excluding hydrogens is 231 g/mol. The second kappa shape index (κ2) is 5.32. The molecule has 19 heavy (non-hydrogen) atoms. The molecule has 0 spiro atoms. The van der Waals surface area contributed by atoms with E-state index in [0.29, 0.717) is 11.8 Å². The summed E-state index contributed by atoms with van der Waals surface area (Å²) in [7, 11) is 0. The van der Waals surface area contributed by atoms with Crippen molar-refractivity contribution in [1.29, 1.82) is 0 Å². The Morgan fingerprint density at radius 3 is 2.32 bits per heavy atom. The number of benzene rings is 1. The number of hydrogen-bond donors (Lipinski definition) is 1. The van der Waals surface area contributed by atoms with Crippen molar-refractivity contribution in [3.8, 4) is 0 Å². The van der Waals surface area contributed by atoms with Crippen molar-refractivity contribution < 1.29 is 5.02 Å². The van der Waals surface area contributed by atoms with Crippen LogP contribution in [0.5, 0.6) is 0 Å². The Balaban J connectivity index is 2.61. The Hall–Kier alpha value is -0.755. The molecular formula is C17H27BO. The van der Waals surface area contributed by atoms with Crippen molar-refractivity contribution in [3.05, 3.63) is 29.3 Å². The van der Waals surface area contributed by atoms with E-state index in [1.807, 2.05) is 6.82 Å². The van der Waals surface area contributed by atoms with Gasteiger partial charge in [0.25, 0.3) is 0 Å². The minimum Gasteiger partial charge on any atom is -0.447 e. The van der Waals surface area contributed by atoms with Crippen LogP contribution in [0, 0.1) is 11.8 Å². The van der Waals surface area contributed by atoms with E-state index in [4.69, 9.17) is 0 Å². The lowest BCUT2D eigenvalue weighted by molar-refractivity contribution is 0.186. The van der Waals surface area contributed by atoms with Gasteiger partial charge in [0.15, 0.2) is 0 Å². The Morgan fingerprint density at radius 2 is 1.79 bits per heavy atom. The largest absolute Gasteiger partial charge is 0.447 e. The van der Waals surface area contributed by atoms with E-state index >= 15 is 0 Å². The smallest absolute Gasteiger partial charge is 0.320 e. The molecule has 0 saturated carbocycles. The molecule has 1 nitrogen and oxygen atoms in total. The Bertz CT molecular complexity index is 441. The van der Waals surface area contributed by atoms with Gasteiger partial charge in [0.2, 0.25) is 0 Å². The molecule has 2 rings (SSSR count). The summed E-state index contributed by atoms with van der Waals surface area (Å²) in [5, 5.41) is 9.87. The highest BCUT2D eigenvalue weighted by Gasteiger charge is 2.41. The summed E-state index contributed by atoms with van der Waals surface area (Å²) in [5.74, 6) is 1.27. The second-order valence-corrected chi connectivity index (χ2v) is 6.80. The van der Waals surface area contributed by atoms with Gasteiger partial charge in [-0.15, -0.1) is 0 Å². The van der Waals surface area contributed by atoms with Crippen LogP contribution in [0.25, 0.3) is 0 Å². The zero-order valence-corrected chi connectivity index (χ0v) is 13.0. The third kappa shape index (κ3) is 2.36. The van der Waals surface area contributed by atoms with Crippen LogP contribution in [0.15, 0.2) is 18.2 Å². The molecule has 1 aromatic rings. The van der Waals surface area contributed by atoms with Crippen molar-refractivity contribution in [2.24, 2.45) is 11.8 Å². The second-order valence-electron chi connectivity index (χ2n) is 6.80. The first-order valence-corrected chi connectivity index (χ1v) is 7.71. The standard InChI is InChI=1S/C17H27BO/c1-12(2)17(13(3)4)10-6-7-14-8-9-15(18(5)19)11-16(14)17/h8-9,11-13,19H,6-7,10H2,1-5H3. The van der Waals surface area contributed by atoms with Crippen LogP contribution in [-0.4, -0.2) is 11.9 Å². The first-order chi connectivity index (χ1) is 8.89. The van der Waals surface area contributed by atoms with Crippen molar-refractivity contribution in [2.75, 3.05) is 0 Å². The van der Waals surface area contributed by atoms with Crippen LogP contribution in [0.1, 0.15) is 51.7 Å². The molecule has 104 valence electrons. The molecule has 0 saturated heterocycles. The summed E-state index contributed by atoms with van der Waals surface area (Å²) in [6, 6.07) is 6.62. The zero-order chi connectivity index (χ0) is 14.2. The summed E-state index contributed by atoms with van der Waals surface area (Å²) in [5.41, 5.74) is 4.34. The molecule has 0 fully saturated rings. The molecule has 0 radical (unpaired) electrons. The molecule has 1 N–H and O–H groups in total.